The van der Waals surface area contributed by atoms with Gasteiger partial charge >= 0.3 is 0 Å². The van der Waals surface area contributed by atoms with E-state index in [1.807, 2.05) is 25.5 Å². The summed E-state index contributed by atoms with van der Waals surface area (Å²) in [6.45, 7) is 13.0. The molecule has 0 fully saturated rings. The van der Waals surface area contributed by atoms with Crippen LogP contribution in [0.4, 0.5) is 0 Å². The fourth-order valence-electron chi connectivity index (χ4n) is 1.73. The Balaban J connectivity index is 2.47. The Morgan fingerprint density at radius 3 is 2.42 bits per heavy atom. The lowest BCUT2D eigenvalue weighted by Crippen LogP contribution is -2.21. The lowest BCUT2D eigenvalue weighted by molar-refractivity contribution is -0.0384. The van der Waals surface area contributed by atoms with Gasteiger partial charge in [-0.2, -0.15) is 5.10 Å². The summed E-state index contributed by atoms with van der Waals surface area (Å²) in [6.07, 6.45) is 0.924. The highest BCUT2D eigenvalue weighted by Gasteiger charge is 2.14. The predicted molar refractivity (Wildman–Crippen MR) is 80.3 cm³/mol. The number of aryl methyl sites for hydroxylation is 2. The standard InChI is InChI=1S/C14H25BrN2O2/c1-6-11-13(15)12(17(7-2)16-11)10-18-8-9-19-14(3,4)5/h6-10H2,1-5H3. The van der Waals surface area contributed by atoms with Crippen molar-refractivity contribution in [1.29, 1.82) is 0 Å². The third kappa shape index (κ3) is 5.24. The number of hydrogen-bond donors (Lipinski definition) is 0. The van der Waals surface area contributed by atoms with E-state index in [1.165, 1.54) is 0 Å². The summed E-state index contributed by atoms with van der Waals surface area (Å²) in [5.74, 6) is 0. The van der Waals surface area contributed by atoms with E-state index in [2.05, 4.69) is 34.9 Å². The first-order valence-corrected chi connectivity index (χ1v) is 7.64. The Morgan fingerprint density at radius 1 is 1.21 bits per heavy atom. The summed E-state index contributed by atoms with van der Waals surface area (Å²) in [4.78, 5) is 0. The van der Waals surface area contributed by atoms with Crippen LogP contribution in [0.15, 0.2) is 4.47 Å². The van der Waals surface area contributed by atoms with Gasteiger partial charge < -0.3 is 9.47 Å². The zero-order chi connectivity index (χ0) is 14.5. The van der Waals surface area contributed by atoms with Crippen LogP contribution in [0.3, 0.4) is 0 Å². The highest BCUT2D eigenvalue weighted by atomic mass is 79.9. The molecule has 5 heteroatoms. The molecule has 0 aromatic carbocycles. The lowest BCUT2D eigenvalue weighted by Gasteiger charge is -2.19. The molecule has 1 rings (SSSR count). The number of aromatic nitrogens is 2. The van der Waals surface area contributed by atoms with Gasteiger partial charge in [0, 0.05) is 6.54 Å². The maximum absolute atomic E-state index is 5.68. The number of halogens is 1. The Bertz CT molecular complexity index is 397. The molecule has 0 amide bonds. The highest BCUT2D eigenvalue weighted by molar-refractivity contribution is 9.10. The zero-order valence-corrected chi connectivity index (χ0v) is 14.2. The van der Waals surface area contributed by atoms with Gasteiger partial charge in [-0.15, -0.1) is 0 Å². The summed E-state index contributed by atoms with van der Waals surface area (Å²) < 4.78 is 14.4. The molecule has 0 spiro atoms. The van der Waals surface area contributed by atoms with Gasteiger partial charge in [-0.05, 0) is 50.0 Å². The molecule has 0 N–H and O–H groups in total. The molecular formula is C14H25BrN2O2. The molecule has 0 radical (unpaired) electrons. The number of hydrogen-bond acceptors (Lipinski definition) is 3. The fraction of sp³-hybridized carbons (Fsp3) is 0.786. The number of nitrogens with zero attached hydrogens (tertiary/aromatic N) is 2. The van der Waals surface area contributed by atoms with Crippen LogP contribution in [0.25, 0.3) is 0 Å². The van der Waals surface area contributed by atoms with E-state index in [9.17, 15) is 0 Å². The van der Waals surface area contributed by atoms with Crippen LogP contribution in [0.2, 0.25) is 0 Å². The fourth-order valence-corrected chi connectivity index (χ4v) is 2.41. The van der Waals surface area contributed by atoms with Crippen molar-refractivity contribution in [1.82, 2.24) is 9.78 Å². The van der Waals surface area contributed by atoms with Crippen molar-refractivity contribution in [3.63, 3.8) is 0 Å². The van der Waals surface area contributed by atoms with E-state index < -0.39 is 0 Å². The van der Waals surface area contributed by atoms with Crippen molar-refractivity contribution < 1.29 is 9.47 Å². The predicted octanol–water partition coefficient (Wildman–Crippen LogP) is 3.56. The topological polar surface area (TPSA) is 36.3 Å². The van der Waals surface area contributed by atoms with E-state index in [-0.39, 0.29) is 5.60 Å². The monoisotopic (exact) mass is 332 g/mol. The molecule has 1 aromatic rings. The van der Waals surface area contributed by atoms with Crippen molar-refractivity contribution >= 4 is 15.9 Å². The van der Waals surface area contributed by atoms with Crippen LogP contribution >= 0.6 is 15.9 Å². The Labute approximate surface area is 124 Å². The summed E-state index contributed by atoms with van der Waals surface area (Å²) in [6, 6.07) is 0. The quantitative estimate of drug-likeness (QED) is 0.716. The second-order valence-electron chi connectivity index (χ2n) is 5.39. The second kappa shape index (κ2) is 7.41. The first-order valence-electron chi connectivity index (χ1n) is 6.84. The Morgan fingerprint density at radius 2 is 1.89 bits per heavy atom. The Hall–Kier alpha value is -0.390. The van der Waals surface area contributed by atoms with Gasteiger partial charge in [-0.3, -0.25) is 4.68 Å². The summed E-state index contributed by atoms with van der Waals surface area (Å²) in [5.41, 5.74) is 2.09. The third-order valence-corrected chi connectivity index (χ3v) is 3.61. The molecule has 0 unspecified atom stereocenters. The van der Waals surface area contributed by atoms with Crippen LogP contribution in [0, 0.1) is 0 Å². The van der Waals surface area contributed by atoms with Crippen LogP contribution in [0.5, 0.6) is 0 Å². The largest absolute Gasteiger partial charge is 0.373 e. The lowest BCUT2D eigenvalue weighted by atomic mass is 10.2. The van der Waals surface area contributed by atoms with Gasteiger partial charge in [0.25, 0.3) is 0 Å². The van der Waals surface area contributed by atoms with E-state index in [0.29, 0.717) is 19.8 Å². The van der Waals surface area contributed by atoms with Gasteiger partial charge in [-0.1, -0.05) is 6.92 Å². The van der Waals surface area contributed by atoms with Crippen molar-refractivity contribution in [3.8, 4) is 0 Å². The van der Waals surface area contributed by atoms with Crippen molar-refractivity contribution in [2.45, 2.75) is 59.8 Å². The number of ether oxygens (including phenoxy) is 2. The normalized spacial score (nSPS) is 12.1. The molecule has 0 saturated carbocycles. The average molecular weight is 333 g/mol. The van der Waals surface area contributed by atoms with Crippen LogP contribution in [0.1, 0.15) is 46.0 Å². The first kappa shape index (κ1) is 16.7. The summed E-state index contributed by atoms with van der Waals surface area (Å²) in [7, 11) is 0. The van der Waals surface area contributed by atoms with E-state index in [1.54, 1.807) is 0 Å². The molecule has 110 valence electrons. The molecule has 4 nitrogen and oxygen atoms in total. The van der Waals surface area contributed by atoms with Crippen LogP contribution in [-0.4, -0.2) is 28.6 Å². The summed E-state index contributed by atoms with van der Waals surface area (Å²) in [5, 5.41) is 4.54. The minimum Gasteiger partial charge on any atom is -0.373 e. The van der Waals surface area contributed by atoms with Gasteiger partial charge in [-0.25, -0.2) is 0 Å². The molecule has 0 bridgehead atoms. The van der Waals surface area contributed by atoms with Crippen molar-refractivity contribution in [2.24, 2.45) is 0 Å². The first-order chi connectivity index (χ1) is 8.89. The van der Waals surface area contributed by atoms with E-state index >= 15 is 0 Å². The molecule has 19 heavy (non-hydrogen) atoms. The molecular weight excluding hydrogens is 308 g/mol. The van der Waals surface area contributed by atoms with Crippen molar-refractivity contribution in [3.05, 3.63) is 15.9 Å². The molecule has 0 aliphatic heterocycles. The van der Waals surface area contributed by atoms with Gasteiger partial charge in [0.2, 0.25) is 0 Å². The van der Waals surface area contributed by atoms with Crippen LogP contribution < -0.4 is 0 Å². The molecule has 0 saturated heterocycles. The molecule has 1 aromatic heterocycles. The van der Waals surface area contributed by atoms with E-state index in [4.69, 9.17) is 9.47 Å². The van der Waals surface area contributed by atoms with Gasteiger partial charge in [0.15, 0.2) is 0 Å². The minimum atomic E-state index is -0.107. The van der Waals surface area contributed by atoms with Crippen molar-refractivity contribution in [2.75, 3.05) is 13.2 Å². The molecule has 1 heterocycles. The Kier molecular flexibility index (Phi) is 6.50. The molecule has 0 aliphatic rings. The highest BCUT2D eigenvalue weighted by Crippen LogP contribution is 2.23. The van der Waals surface area contributed by atoms with E-state index in [0.717, 1.165) is 28.8 Å². The third-order valence-electron chi connectivity index (χ3n) is 2.70. The molecule has 0 aliphatic carbocycles. The number of rotatable bonds is 7. The molecule has 0 atom stereocenters. The smallest absolute Gasteiger partial charge is 0.0897 e. The maximum Gasteiger partial charge on any atom is 0.0897 e. The maximum atomic E-state index is 5.68. The van der Waals surface area contributed by atoms with Gasteiger partial charge in [0.05, 0.1) is 41.3 Å². The summed E-state index contributed by atoms with van der Waals surface area (Å²) >= 11 is 3.61. The SMILES string of the molecule is CCc1nn(CC)c(COCCOC(C)(C)C)c1Br. The average Bonchev–Trinajstić information content (AvgIpc) is 2.64. The van der Waals surface area contributed by atoms with Crippen LogP contribution in [-0.2, 0) is 29.0 Å². The zero-order valence-electron chi connectivity index (χ0n) is 12.6. The second-order valence-corrected chi connectivity index (χ2v) is 6.18. The van der Waals surface area contributed by atoms with Gasteiger partial charge in [0.1, 0.15) is 0 Å². The minimum absolute atomic E-state index is 0.107.